The summed E-state index contributed by atoms with van der Waals surface area (Å²) in [6.45, 7) is 8.65. The first-order valence-electron chi connectivity index (χ1n) is 6.04. The molecule has 3 nitrogen and oxygen atoms in total. The van der Waals surface area contributed by atoms with Gasteiger partial charge in [0.15, 0.2) is 0 Å². The number of hydrogen-bond donors (Lipinski definition) is 1. The molecule has 0 spiro atoms. The third-order valence-electron chi connectivity index (χ3n) is 3.09. The molecule has 3 heteroatoms. The summed E-state index contributed by atoms with van der Waals surface area (Å²) in [7, 11) is 2.01. The molecule has 2 N–H and O–H groups in total. The Hall–Kier alpha value is -1.35. The summed E-state index contributed by atoms with van der Waals surface area (Å²) < 4.78 is 1.98. The summed E-state index contributed by atoms with van der Waals surface area (Å²) in [5, 5.41) is 5.80. The molecular formula is C14H21N3. The normalized spacial score (nSPS) is 14.2. The average molecular weight is 231 g/mol. The first-order valence-corrected chi connectivity index (χ1v) is 6.04. The predicted molar refractivity (Wildman–Crippen MR) is 72.0 cm³/mol. The maximum atomic E-state index is 6.06. The molecule has 1 atom stereocenters. The number of fused-ring (bicyclic) bond motifs is 1. The van der Waals surface area contributed by atoms with Crippen LogP contribution < -0.4 is 5.73 Å². The Bertz CT molecular complexity index is 544. The molecule has 17 heavy (non-hydrogen) atoms. The summed E-state index contributed by atoms with van der Waals surface area (Å²) in [6, 6.07) is 6.21. The van der Waals surface area contributed by atoms with E-state index in [-0.39, 0.29) is 11.5 Å². The van der Waals surface area contributed by atoms with Crippen molar-refractivity contribution in [2.75, 3.05) is 0 Å². The largest absolute Gasteiger partial charge is 0.324 e. The fourth-order valence-electron chi connectivity index (χ4n) is 2.51. The highest BCUT2D eigenvalue weighted by atomic mass is 15.3. The van der Waals surface area contributed by atoms with Gasteiger partial charge >= 0.3 is 0 Å². The van der Waals surface area contributed by atoms with Gasteiger partial charge in [0.25, 0.3) is 0 Å². The number of nitrogens with two attached hydrogens (primary N) is 1. The number of aryl methyl sites for hydroxylation is 1. The lowest BCUT2D eigenvalue weighted by Crippen LogP contribution is -2.18. The van der Waals surface area contributed by atoms with Gasteiger partial charge in [0.1, 0.15) is 0 Å². The highest BCUT2D eigenvalue weighted by Gasteiger charge is 2.24. The first-order chi connectivity index (χ1) is 7.82. The molecule has 0 fully saturated rings. The van der Waals surface area contributed by atoms with Gasteiger partial charge in [-0.1, -0.05) is 32.9 Å². The van der Waals surface area contributed by atoms with Crippen molar-refractivity contribution in [2.24, 2.45) is 12.8 Å². The lowest BCUT2D eigenvalue weighted by Gasteiger charge is -2.21. The lowest BCUT2D eigenvalue weighted by molar-refractivity contribution is 0.527. The average Bonchev–Trinajstić information content (AvgIpc) is 2.51. The molecule has 1 unspecified atom stereocenters. The van der Waals surface area contributed by atoms with Crippen LogP contribution in [-0.2, 0) is 12.5 Å². The molecule has 0 saturated heterocycles. The predicted octanol–water partition coefficient (Wildman–Crippen LogP) is 2.89. The van der Waals surface area contributed by atoms with Crippen molar-refractivity contribution < 1.29 is 0 Å². The number of benzene rings is 1. The molecule has 0 aliphatic rings. The minimum atomic E-state index is 0.0315. The first kappa shape index (κ1) is 12.1. The van der Waals surface area contributed by atoms with E-state index in [4.69, 9.17) is 5.73 Å². The molecule has 1 aromatic carbocycles. The second-order valence-electron chi connectivity index (χ2n) is 5.75. The van der Waals surface area contributed by atoms with E-state index in [0.717, 1.165) is 5.52 Å². The monoisotopic (exact) mass is 231 g/mol. The SMILES string of the molecule is CC(N)c1cccc2nn(C)c(C(C)(C)C)c12. The van der Waals surface area contributed by atoms with Crippen LogP contribution in [0.1, 0.15) is 45.0 Å². The number of aromatic nitrogens is 2. The molecule has 2 rings (SSSR count). The van der Waals surface area contributed by atoms with Crippen molar-refractivity contribution in [1.29, 1.82) is 0 Å². The Morgan fingerprint density at radius 3 is 2.47 bits per heavy atom. The molecule has 1 aromatic heterocycles. The van der Waals surface area contributed by atoms with E-state index in [9.17, 15) is 0 Å². The fraction of sp³-hybridized carbons (Fsp3) is 0.500. The van der Waals surface area contributed by atoms with Gasteiger partial charge in [-0.25, -0.2) is 0 Å². The van der Waals surface area contributed by atoms with Gasteiger partial charge in [-0.3, -0.25) is 4.68 Å². The zero-order valence-electron chi connectivity index (χ0n) is 11.3. The number of nitrogens with zero attached hydrogens (tertiary/aromatic N) is 2. The zero-order valence-corrected chi connectivity index (χ0v) is 11.3. The second kappa shape index (κ2) is 3.84. The van der Waals surface area contributed by atoms with E-state index < -0.39 is 0 Å². The molecule has 2 aromatic rings. The smallest absolute Gasteiger partial charge is 0.0929 e. The van der Waals surface area contributed by atoms with Crippen molar-refractivity contribution in [3.05, 3.63) is 29.5 Å². The van der Waals surface area contributed by atoms with Crippen LogP contribution >= 0.6 is 0 Å². The summed E-state index contributed by atoms with van der Waals surface area (Å²) in [5.74, 6) is 0. The Morgan fingerprint density at radius 1 is 1.29 bits per heavy atom. The van der Waals surface area contributed by atoms with Crippen molar-refractivity contribution in [1.82, 2.24) is 9.78 Å². The standard InChI is InChI=1S/C14H21N3/c1-9(15)10-7-6-8-11-12(10)13(14(2,3)4)17(5)16-11/h6-9H,15H2,1-5H3. The fourth-order valence-corrected chi connectivity index (χ4v) is 2.51. The molecule has 92 valence electrons. The van der Waals surface area contributed by atoms with E-state index in [1.807, 2.05) is 24.7 Å². The Morgan fingerprint density at radius 2 is 1.94 bits per heavy atom. The van der Waals surface area contributed by atoms with Crippen LogP contribution in [0.3, 0.4) is 0 Å². The summed E-state index contributed by atoms with van der Waals surface area (Å²) in [6.07, 6.45) is 0. The van der Waals surface area contributed by atoms with Crippen molar-refractivity contribution in [2.45, 2.75) is 39.2 Å². The second-order valence-corrected chi connectivity index (χ2v) is 5.75. The van der Waals surface area contributed by atoms with E-state index in [1.165, 1.54) is 16.6 Å². The molecule has 0 aliphatic carbocycles. The molecule has 1 heterocycles. The van der Waals surface area contributed by atoms with Crippen LogP contribution in [0.5, 0.6) is 0 Å². The van der Waals surface area contributed by atoms with Gasteiger partial charge in [-0.2, -0.15) is 5.10 Å². The molecule has 0 bridgehead atoms. The minimum absolute atomic E-state index is 0.0315. The summed E-state index contributed by atoms with van der Waals surface area (Å²) >= 11 is 0. The van der Waals surface area contributed by atoms with Crippen molar-refractivity contribution >= 4 is 10.9 Å². The minimum Gasteiger partial charge on any atom is -0.324 e. The van der Waals surface area contributed by atoms with Crippen LogP contribution in [0.15, 0.2) is 18.2 Å². The Balaban J connectivity index is 2.87. The third kappa shape index (κ3) is 1.95. The van der Waals surface area contributed by atoms with E-state index in [2.05, 4.69) is 38.0 Å². The van der Waals surface area contributed by atoms with E-state index in [1.54, 1.807) is 0 Å². The topological polar surface area (TPSA) is 43.8 Å². The van der Waals surface area contributed by atoms with Gasteiger partial charge in [-0.15, -0.1) is 0 Å². The van der Waals surface area contributed by atoms with Gasteiger partial charge in [0.2, 0.25) is 0 Å². The van der Waals surface area contributed by atoms with Crippen LogP contribution in [0.25, 0.3) is 10.9 Å². The van der Waals surface area contributed by atoms with Crippen molar-refractivity contribution in [3.63, 3.8) is 0 Å². The number of rotatable bonds is 1. The van der Waals surface area contributed by atoms with Crippen molar-refractivity contribution in [3.8, 4) is 0 Å². The quantitative estimate of drug-likeness (QED) is 0.820. The van der Waals surface area contributed by atoms with Gasteiger partial charge in [0.05, 0.1) is 11.2 Å². The highest BCUT2D eigenvalue weighted by molar-refractivity contribution is 5.86. The maximum Gasteiger partial charge on any atom is 0.0929 e. The molecule has 0 amide bonds. The van der Waals surface area contributed by atoms with Crippen LogP contribution in [0.4, 0.5) is 0 Å². The van der Waals surface area contributed by atoms with Crippen LogP contribution in [-0.4, -0.2) is 9.78 Å². The number of hydrogen-bond acceptors (Lipinski definition) is 2. The van der Waals surface area contributed by atoms with Gasteiger partial charge < -0.3 is 5.73 Å². The molecule has 0 saturated carbocycles. The highest BCUT2D eigenvalue weighted by Crippen LogP contribution is 2.33. The van der Waals surface area contributed by atoms with E-state index in [0.29, 0.717) is 0 Å². The molecular weight excluding hydrogens is 210 g/mol. The lowest BCUT2D eigenvalue weighted by atomic mass is 9.87. The summed E-state index contributed by atoms with van der Waals surface area (Å²) in [4.78, 5) is 0. The van der Waals surface area contributed by atoms with E-state index >= 15 is 0 Å². The maximum absolute atomic E-state index is 6.06. The van der Waals surface area contributed by atoms with Gasteiger partial charge in [-0.05, 0) is 18.6 Å². The zero-order chi connectivity index (χ0) is 12.8. The Kier molecular flexibility index (Phi) is 2.74. The van der Waals surface area contributed by atoms with Gasteiger partial charge in [0, 0.05) is 23.9 Å². The van der Waals surface area contributed by atoms with Crippen LogP contribution in [0.2, 0.25) is 0 Å². The van der Waals surface area contributed by atoms with Crippen LogP contribution in [0, 0.1) is 0 Å². The summed E-state index contributed by atoms with van der Waals surface area (Å²) in [5.41, 5.74) is 9.59. The molecule has 0 radical (unpaired) electrons. The third-order valence-corrected chi connectivity index (χ3v) is 3.09. The molecule has 0 aliphatic heterocycles. The Labute approximate surface area is 103 Å².